The highest BCUT2D eigenvalue weighted by atomic mass is 32.1. The summed E-state index contributed by atoms with van der Waals surface area (Å²) in [4.78, 5) is 30.0. The maximum absolute atomic E-state index is 12.5. The van der Waals surface area contributed by atoms with Gasteiger partial charge in [0.25, 0.3) is 5.91 Å². The van der Waals surface area contributed by atoms with Crippen molar-refractivity contribution in [3.63, 3.8) is 0 Å². The predicted molar refractivity (Wildman–Crippen MR) is 88.7 cm³/mol. The van der Waals surface area contributed by atoms with Crippen LogP contribution < -0.4 is 4.90 Å². The fraction of sp³-hybridized carbons (Fsp3) is 0.500. The zero-order valence-corrected chi connectivity index (χ0v) is 13.9. The second kappa shape index (κ2) is 5.88. The van der Waals surface area contributed by atoms with Gasteiger partial charge >= 0.3 is 0 Å². The van der Waals surface area contributed by atoms with Crippen LogP contribution >= 0.6 is 11.3 Å². The van der Waals surface area contributed by atoms with Crippen molar-refractivity contribution in [3.8, 4) is 0 Å². The van der Waals surface area contributed by atoms with Gasteiger partial charge in [-0.25, -0.2) is 15.0 Å². The van der Waals surface area contributed by atoms with Crippen molar-refractivity contribution in [2.24, 2.45) is 0 Å². The van der Waals surface area contributed by atoms with Crippen LogP contribution in [0.15, 0.2) is 17.0 Å². The van der Waals surface area contributed by atoms with E-state index in [0.29, 0.717) is 5.69 Å². The third-order valence-electron chi connectivity index (χ3n) is 4.55. The van der Waals surface area contributed by atoms with Crippen LogP contribution in [0, 0.1) is 6.92 Å². The number of nitrogens with zero attached hydrogens (tertiary/aromatic N) is 5. The minimum absolute atomic E-state index is 0.00138. The lowest BCUT2D eigenvalue weighted by atomic mass is 9.98. The first-order chi connectivity index (χ1) is 11.2. The molecule has 0 aromatic carbocycles. The summed E-state index contributed by atoms with van der Waals surface area (Å²) in [5, 5.41) is 1.80. The van der Waals surface area contributed by atoms with Crippen molar-refractivity contribution in [2.75, 3.05) is 24.5 Å². The molecular weight excluding hydrogens is 310 g/mol. The van der Waals surface area contributed by atoms with Crippen molar-refractivity contribution in [1.29, 1.82) is 0 Å². The summed E-state index contributed by atoms with van der Waals surface area (Å²) in [6.07, 6.45) is 3.39. The van der Waals surface area contributed by atoms with Gasteiger partial charge in [-0.05, 0) is 26.2 Å². The Morgan fingerprint density at radius 3 is 2.74 bits per heavy atom. The van der Waals surface area contributed by atoms with E-state index in [2.05, 4.69) is 25.9 Å². The lowest BCUT2D eigenvalue weighted by molar-refractivity contribution is 0.0445. The summed E-state index contributed by atoms with van der Waals surface area (Å²) in [6, 6.07) is 2.11. The van der Waals surface area contributed by atoms with Gasteiger partial charge in [-0.15, -0.1) is 11.3 Å². The molecule has 2 aromatic heterocycles. The Hall–Kier alpha value is -2.02. The Labute approximate surface area is 139 Å². The van der Waals surface area contributed by atoms with Gasteiger partial charge in [-0.2, -0.15) is 0 Å². The van der Waals surface area contributed by atoms with Crippen molar-refractivity contribution in [3.05, 3.63) is 34.2 Å². The molecule has 2 aliphatic heterocycles. The number of carbonyl (C=O) groups is 1. The Morgan fingerprint density at radius 2 is 2.09 bits per heavy atom. The molecule has 4 rings (SSSR count). The Morgan fingerprint density at radius 1 is 1.26 bits per heavy atom. The topological polar surface area (TPSA) is 62.2 Å². The van der Waals surface area contributed by atoms with Crippen LogP contribution in [0.3, 0.4) is 0 Å². The average Bonchev–Trinajstić information content (AvgIpc) is 3.19. The second-order valence-electron chi connectivity index (χ2n) is 6.07. The SMILES string of the molecule is Cc1nc(C2CCN2C(=O)c2cscn2)cc(N2CCCC2)n1. The largest absolute Gasteiger partial charge is 0.357 e. The Balaban J connectivity index is 1.59. The van der Waals surface area contributed by atoms with Gasteiger partial charge < -0.3 is 9.80 Å². The van der Waals surface area contributed by atoms with E-state index in [-0.39, 0.29) is 11.9 Å². The number of rotatable bonds is 3. The van der Waals surface area contributed by atoms with E-state index < -0.39 is 0 Å². The number of anilines is 1. The highest BCUT2D eigenvalue weighted by Gasteiger charge is 2.36. The molecule has 0 spiro atoms. The Kier molecular flexibility index (Phi) is 3.72. The molecule has 2 fully saturated rings. The molecule has 0 aliphatic carbocycles. The minimum Gasteiger partial charge on any atom is -0.357 e. The molecule has 2 aromatic rings. The van der Waals surface area contributed by atoms with Gasteiger partial charge in [0.1, 0.15) is 17.3 Å². The van der Waals surface area contributed by atoms with Gasteiger partial charge in [0.15, 0.2) is 0 Å². The van der Waals surface area contributed by atoms with Crippen LogP contribution in [-0.4, -0.2) is 45.4 Å². The molecule has 23 heavy (non-hydrogen) atoms. The van der Waals surface area contributed by atoms with Crippen molar-refractivity contribution in [2.45, 2.75) is 32.2 Å². The third kappa shape index (κ3) is 2.69. The minimum atomic E-state index is 0.00138. The number of hydrogen-bond donors (Lipinski definition) is 0. The van der Waals surface area contributed by atoms with E-state index >= 15 is 0 Å². The normalized spacial score (nSPS) is 20.7. The van der Waals surface area contributed by atoms with E-state index in [0.717, 1.165) is 43.4 Å². The van der Waals surface area contributed by atoms with Crippen LogP contribution in [-0.2, 0) is 0 Å². The quantitative estimate of drug-likeness (QED) is 0.865. The van der Waals surface area contributed by atoms with Crippen LogP contribution in [0.1, 0.15) is 47.3 Å². The first-order valence-corrected chi connectivity index (χ1v) is 8.96. The molecule has 6 nitrogen and oxygen atoms in total. The van der Waals surface area contributed by atoms with Gasteiger partial charge in [0.2, 0.25) is 0 Å². The number of aryl methyl sites for hydroxylation is 1. The lowest BCUT2D eigenvalue weighted by Crippen LogP contribution is -2.45. The van der Waals surface area contributed by atoms with Crippen molar-refractivity contribution >= 4 is 23.1 Å². The number of aromatic nitrogens is 3. The lowest BCUT2D eigenvalue weighted by Gasteiger charge is -2.40. The summed E-state index contributed by atoms with van der Waals surface area (Å²) in [5.74, 6) is 1.77. The molecule has 0 radical (unpaired) electrons. The van der Waals surface area contributed by atoms with E-state index in [9.17, 15) is 4.79 Å². The summed E-state index contributed by atoms with van der Waals surface area (Å²) >= 11 is 1.45. The van der Waals surface area contributed by atoms with Gasteiger partial charge in [0.05, 0.1) is 17.2 Å². The molecule has 1 amide bonds. The number of likely N-dealkylation sites (tertiary alicyclic amines) is 1. The number of carbonyl (C=O) groups excluding carboxylic acids is 1. The summed E-state index contributed by atoms with van der Waals surface area (Å²) in [7, 11) is 0. The highest BCUT2D eigenvalue weighted by molar-refractivity contribution is 7.07. The summed E-state index contributed by atoms with van der Waals surface area (Å²) < 4.78 is 0. The molecule has 0 N–H and O–H groups in total. The molecule has 0 saturated carbocycles. The molecule has 0 bridgehead atoms. The molecule has 120 valence electrons. The van der Waals surface area contributed by atoms with Crippen LogP contribution in [0.25, 0.3) is 0 Å². The smallest absolute Gasteiger partial charge is 0.273 e. The first kappa shape index (κ1) is 14.6. The average molecular weight is 329 g/mol. The van der Waals surface area contributed by atoms with E-state index in [1.165, 1.54) is 24.2 Å². The predicted octanol–water partition coefficient (Wildman–Crippen LogP) is 2.43. The maximum Gasteiger partial charge on any atom is 0.273 e. The van der Waals surface area contributed by atoms with Gasteiger partial charge in [-0.3, -0.25) is 4.79 Å². The molecule has 2 aliphatic rings. The van der Waals surface area contributed by atoms with Crippen LogP contribution in [0.2, 0.25) is 0 Å². The first-order valence-electron chi connectivity index (χ1n) is 8.02. The van der Waals surface area contributed by atoms with E-state index in [1.807, 2.05) is 11.8 Å². The standard InChI is InChI=1S/C16H19N5OS/c1-11-18-12(8-15(19-11)20-5-2-3-6-20)14-4-7-21(14)16(22)13-9-23-10-17-13/h8-10,14H,2-7H2,1H3. The van der Waals surface area contributed by atoms with E-state index in [4.69, 9.17) is 0 Å². The maximum atomic E-state index is 12.5. The molecule has 4 heterocycles. The van der Waals surface area contributed by atoms with Gasteiger partial charge in [-0.1, -0.05) is 0 Å². The monoisotopic (exact) mass is 329 g/mol. The zero-order chi connectivity index (χ0) is 15.8. The highest BCUT2D eigenvalue weighted by Crippen LogP contribution is 2.35. The molecule has 1 unspecified atom stereocenters. The molecule has 7 heteroatoms. The van der Waals surface area contributed by atoms with Crippen LogP contribution in [0.4, 0.5) is 5.82 Å². The van der Waals surface area contributed by atoms with Crippen molar-refractivity contribution < 1.29 is 4.79 Å². The summed E-state index contributed by atoms with van der Waals surface area (Å²) in [5.41, 5.74) is 3.18. The van der Waals surface area contributed by atoms with Crippen LogP contribution in [0.5, 0.6) is 0 Å². The number of thiazole rings is 1. The third-order valence-corrected chi connectivity index (χ3v) is 5.13. The molecular formula is C16H19N5OS. The second-order valence-corrected chi connectivity index (χ2v) is 6.79. The number of hydrogen-bond acceptors (Lipinski definition) is 6. The van der Waals surface area contributed by atoms with E-state index in [1.54, 1.807) is 10.9 Å². The summed E-state index contributed by atoms with van der Waals surface area (Å²) in [6.45, 7) is 4.81. The fourth-order valence-electron chi connectivity index (χ4n) is 3.26. The molecule has 1 atom stereocenters. The number of amides is 1. The zero-order valence-electron chi connectivity index (χ0n) is 13.1. The van der Waals surface area contributed by atoms with Crippen molar-refractivity contribution in [1.82, 2.24) is 19.9 Å². The Bertz CT molecular complexity index is 711. The molecule has 2 saturated heterocycles. The fourth-order valence-corrected chi connectivity index (χ4v) is 3.78. The van der Waals surface area contributed by atoms with Gasteiger partial charge in [0, 0.05) is 31.1 Å².